The zero-order valence-corrected chi connectivity index (χ0v) is 14.7. The van der Waals surface area contributed by atoms with E-state index >= 15 is 0 Å². The number of nitrogens with one attached hydrogen (secondary N) is 1. The van der Waals surface area contributed by atoms with Crippen LogP contribution in [0.3, 0.4) is 0 Å². The Balaban J connectivity index is 1.55. The molecule has 6 nitrogen and oxygen atoms in total. The zero-order valence-electron chi connectivity index (χ0n) is 14.7. The van der Waals surface area contributed by atoms with Crippen molar-refractivity contribution in [1.82, 2.24) is 5.43 Å². The van der Waals surface area contributed by atoms with Crippen LogP contribution in [0.4, 0.5) is 0 Å². The molecule has 1 N–H and O–H groups in total. The van der Waals surface area contributed by atoms with Gasteiger partial charge in [-0.25, -0.2) is 10.2 Å². The number of rotatable bonds is 5. The van der Waals surface area contributed by atoms with E-state index in [4.69, 9.17) is 10.00 Å². The zero-order chi connectivity index (χ0) is 19.8. The molecule has 0 spiro atoms. The van der Waals surface area contributed by atoms with E-state index in [-0.39, 0.29) is 5.91 Å². The van der Waals surface area contributed by atoms with Crippen LogP contribution in [-0.2, 0) is 0 Å². The lowest BCUT2D eigenvalue weighted by Gasteiger charge is -2.04. The van der Waals surface area contributed by atoms with Crippen LogP contribution in [0.25, 0.3) is 0 Å². The van der Waals surface area contributed by atoms with Gasteiger partial charge in [0.25, 0.3) is 5.91 Å². The van der Waals surface area contributed by atoms with Gasteiger partial charge >= 0.3 is 5.97 Å². The Hall–Kier alpha value is -4.24. The molecule has 1 amide bonds. The van der Waals surface area contributed by atoms with Gasteiger partial charge < -0.3 is 4.74 Å². The Morgan fingerprint density at radius 2 is 1.57 bits per heavy atom. The first kappa shape index (κ1) is 18.5. The monoisotopic (exact) mass is 369 g/mol. The summed E-state index contributed by atoms with van der Waals surface area (Å²) in [7, 11) is 0. The van der Waals surface area contributed by atoms with Crippen LogP contribution in [0.15, 0.2) is 84.0 Å². The molecule has 3 rings (SSSR count). The number of esters is 1. The van der Waals surface area contributed by atoms with E-state index in [0.717, 1.165) is 5.56 Å². The van der Waals surface area contributed by atoms with Crippen molar-refractivity contribution in [1.29, 1.82) is 5.26 Å². The summed E-state index contributed by atoms with van der Waals surface area (Å²) in [4.78, 5) is 24.0. The molecule has 0 bridgehead atoms. The summed E-state index contributed by atoms with van der Waals surface area (Å²) in [6, 6.07) is 23.7. The number of carbonyl (C=O) groups is 2. The van der Waals surface area contributed by atoms with Crippen molar-refractivity contribution in [2.24, 2.45) is 5.10 Å². The molecule has 0 radical (unpaired) electrons. The summed E-state index contributed by atoms with van der Waals surface area (Å²) in [5.41, 5.74) is 4.49. The molecule has 0 aromatic heterocycles. The van der Waals surface area contributed by atoms with E-state index in [9.17, 15) is 9.59 Å². The molecule has 136 valence electrons. The van der Waals surface area contributed by atoms with E-state index in [1.807, 2.05) is 12.1 Å². The average Bonchev–Trinajstić information content (AvgIpc) is 2.75. The van der Waals surface area contributed by atoms with Gasteiger partial charge in [-0.1, -0.05) is 18.2 Å². The SMILES string of the molecule is N#Cc1ccc(C(=O)N/N=C\c2ccc(OC(=O)c3ccccc3)cc2)cc1. The number of ether oxygens (including phenoxy) is 1. The lowest BCUT2D eigenvalue weighted by atomic mass is 10.1. The minimum Gasteiger partial charge on any atom is -0.423 e. The predicted octanol–water partition coefficient (Wildman–Crippen LogP) is 3.54. The number of carbonyl (C=O) groups excluding carboxylic acids is 2. The molecule has 28 heavy (non-hydrogen) atoms. The van der Waals surface area contributed by atoms with Gasteiger partial charge in [0.1, 0.15) is 5.75 Å². The molecule has 0 aliphatic heterocycles. The maximum Gasteiger partial charge on any atom is 0.343 e. The number of hydrogen-bond acceptors (Lipinski definition) is 5. The van der Waals surface area contributed by atoms with Crippen LogP contribution < -0.4 is 10.2 Å². The van der Waals surface area contributed by atoms with Gasteiger partial charge in [0.2, 0.25) is 0 Å². The molecule has 0 aliphatic carbocycles. The van der Waals surface area contributed by atoms with Gasteiger partial charge in [-0.15, -0.1) is 0 Å². The van der Waals surface area contributed by atoms with Gasteiger partial charge in [-0.3, -0.25) is 4.79 Å². The first-order valence-corrected chi connectivity index (χ1v) is 8.36. The molecule has 0 unspecified atom stereocenters. The van der Waals surface area contributed by atoms with E-state index in [1.54, 1.807) is 72.8 Å². The number of nitrogens with zero attached hydrogens (tertiary/aromatic N) is 2. The smallest absolute Gasteiger partial charge is 0.343 e. The second-order valence-electron chi connectivity index (χ2n) is 5.71. The van der Waals surface area contributed by atoms with Crippen LogP contribution >= 0.6 is 0 Å². The molecule has 0 heterocycles. The minimum absolute atomic E-state index is 0.380. The van der Waals surface area contributed by atoms with Crippen molar-refractivity contribution in [3.05, 3.63) is 101 Å². The fraction of sp³-hybridized carbons (Fsp3) is 0. The standard InChI is InChI=1S/C22H15N3O3/c23-14-16-6-10-18(11-7-16)21(26)25-24-15-17-8-12-20(13-9-17)28-22(27)19-4-2-1-3-5-19/h1-13,15H,(H,25,26)/b24-15-. The molecule has 3 aromatic rings. The fourth-order valence-corrected chi connectivity index (χ4v) is 2.29. The van der Waals surface area contributed by atoms with Gasteiger partial charge in [0.05, 0.1) is 23.4 Å². The Morgan fingerprint density at radius 3 is 2.21 bits per heavy atom. The molecule has 0 saturated carbocycles. The maximum atomic E-state index is 12.0. The van der Waals surface area contributed by atoms with Crippen molar-refractivity contribution >= 4 is 18.1 Å². The number of hydrazone groups is 1. The van der Waals surface area contributed by atoms with Gasteiger partial charge in [0.15, 0.2) is 0 Å². The highest BCUT2D eigenvalue weighted by molar-refractivity contribution is 5.95. The third kappa shape index (κ3) is 4.90. The minimum atomic E-state index is -0.434. The van der Waals surface area contributed by atoms with E-state index in [1.165, 1.54) is 6.21 Å². The number of amides is 1. The van der Waals surface area contributed by atoms with Crippen molar-refractivity contribution in [3.63, 3.8) is 0 Å². The quantitative estimate of drug-likeness (QED) is 0.322. The topological polar surface area (TPSA) is 91.6 Å². The normalized spacial score (nSPS) is 10.2. The van der Waals surface area contributed by atoms with Gasteiger partial charge in [-0.05, 0) is 66.2 Å². The summed E-state index contributed by atoms with van der Waals surface area (Å²) < 4.78 is 5.30. The Kier molecular flexibility index (Phi) is 5.91. The van der Waals surface area contributed by atoms with Crippen molar-refractivity contribution in [3.8, 4) is 11.8 Å². The third-order valence-corrected chi connectivity index (χ3v) is 3.76. The van der Waals surface area contributed by atoms with Crippen LogP contribution in [0, 0.1) is 11.3 Å². The van der Waals surface area contributed by atoms with Crippen molar-refractivity contribution in [2.75, 3.05) is 0 Å². The summed E-state index contributed by atoms with van der Waals surface area (Å²) in [5.74, 6) is -0.404. The second-order valence-corrected chi connectivity index (χ2v) is 5.71. The van der Waals surface area contributed by atoms with E-state index in [2.05, 4.69) is 10.5 Å². The molecule has 0 aliphatic rings. The van der Waals surface area contributed by atoms with Crippen molar-refractivity contribution in [2.45, 2.75) is 0 Å². The molecule has 0 fully saturated rings. The molecular formula is C22H15N3O3. The Bertz CT molecular complexity index is 1040. The highest BCUT2D eigenvalue weighted by Gasteiger charge is 2.07. The average molecular weight is 369 g/mol. The van der Waals surface area contributed by atoms with E-state index < -0.39 is 5.97 Å². The summed E-state index contributed by atoms with van der Waals surface area (Å²) >= 11 is 0. The third-order valence-electron chi connectivity index (χ3n) is 3.76. The van der Waals surface area contributed by atoms with Crippen LogP contribution in [0.2, 0.25) is 0 Å². The molecule has 3 aromatic carbocycles. The maximum absolute atomic E-state index is 12.0. The molecule has 6 heteroatoms. The van der Waals surface area contributed by atoms with Crippen LogP contribution in [0.1, 0.15) is 31.8 Å². The van der Waals surface area contributed by atoms with Crippen LogP contribution in [0.5, 0.6) is 5.75 Å². The van der Waals surface area contributed by atoms with Gasteiger partial charge in [0, 0.05) is 5.56 Å². The molecular weight excluding hydrogens is 354 g/mol. The summed E-state index contributed by atoms with van der Waals surface area (Å²) in [6.07, 6.45) is 1.48. The van der Waals surface area contributed by atoms with Crippen molar-refractivity contribution < 1.29 is 14.3 Å². The fourth-order valence-electron chi connectivity index (χ4n) is 2.29. The molecule has 0 saturated heterocycles. The largest absolute Gasteiger partial charge is 0.423 e. The first-order valence-electron chi connectivity index (χ1n) is 8.36. The number of nitriles is 1. The van der Waals surface area contributed by atoms with Gasteiger partial charge in [-0.2, -0.15) is 10.4 Å². The summed E-state index contributed by atoms with van der Waals surface area (Å²) in [6.45, 7) is 0. The Morgan fingerprint density at radius 1 is 0.893 bits per heavy atom. The van der Waals surface area contributed by atoms with Crippen LogP contribution in [-0.4, -0.2) is 18.1 Å². The summed E-state index contributed by atoms with van der Waals surface area (Å²) in [5, 5.41) is 12.7. The highest BCUT2D eigenvalue weighted by Crippen LogP contribution is 2.13. The second kappa shape index (κ2) is 8.92. The highest BCUT2D eigenvalue weighted by atomic mass is 16.5. The Labute approximate surface area is 161 Å². The lowest BCUT2D eigenvalue weighted by Crippen LogP contribution is -2.17. The molecule has 0 atom stereocenters. The first-order chi connectivity index (χ1) is 13.7. The number of benzene rings is 3. The lowest BCUT2D eigenvalue weighted by molar-refractivity contribution is 0.0734. The van der Waals surface area contributed by atoms with E-state index in [0.29, 0.717) is 22.4 Å². The number of hydrogen-bond donors (Lipinski definition) is 1. The predicted molar refractivity (Wildman–Crippen MR) is 104 cm³/mol.